The van der Waals surface area contributed by atoms with E-state index in [1.54, 1.807) is 0 Å². The first kappa shape index (κ1) is 70.5. The standard InChI is InChI=1S/C69H112O6/c1-4-7-10-13-16-19-22-25-28-30-32-33-34-35-37-38-41-44-47-50-53-56-59-62-68(71)74-65-66(64-73-67(70)61-58-55-52-49-46-43-40-27-24-21-18-15-12-9-6-3)75-69(72)63-60-57-54-51-48-45-42-39-36-31-29-26-23-20-17-14-11-8-5-2/h8-9,11-12,17-18,20-21,26-27,29-30,32,36,39-40,45-46,48-49,54,57,66H,4-7,10,13-16,19,22-25,28,31,33-35,37-38,41-44,47,50-53,55-56,58-65H2,1-3H3/b11-8-,12-9-,20-17-,21-18-,29-26-,32-30-,39-36-,40-27-,48-45-,49-46-,57-54-. The number of carbonyl (C=O) groups excluding carboxylic acids is 3. The van der Waals surface area contributed by atoms with Crippen molar-refractivity contribution in [3.05, 3.63) is 134 Å². The monoisotopic (exact) mass is 1040 g/mol. The summed E-state index contributed by atoms with van der Waals surface area (Å²) >= 11 is 0. The molecule has 0 aliphatic rings. The largest absolute Gasteiger partial charge is 0.462 e. The molecule has 1 atom stereocenters. The van der Waals surface area contributed by atoms with Crippen LogP contribution in [0.2, 0.25) is 0 Å². The van der Waals surface area contributed by atoms with Crippen LogP contribution in [0.1, 0.15) is 265 Å². The molecule has 424 valence electrons. The Bertz CT molecular complexity index is 1620. The number of allylic oxidation sites excluding steroid dienone is 22. The zero-order valence-corrected chi connectivity index (χ0v) is 48.5. The summed E-state index contributed by atoms with van der Waals surface area (Å²) in [5.74, 6) is -1.06. The van der Waals surface area contributed by atoms with Crippen molar-refractivity contribution in [2.45, 2.75) is 271 Å². The third-order valence-corrected chi connectivity index (χ3v) is 12.6. The van der Waals surface area contributed by atoms with Crippen LogP contribution >= 0.6 is 0 Å². The van der Waals surface area contributed by atoms with E-state index in [-0.39, 0.29) is 38.0 Å². The van der Waals surface area contributed by atoms with Crippen molar-refractivity contribution in [2.75, 3.05) is 13.2 Å². The summed E-state index contributed by atoms with van der Waals surface area (Å²) in [5.41, 5.74) is 0. The Labute approximate surface area is 462 Å². The Morgan fingerprint density at radius 3 is 0.907 bits per heavy atom. The number of esters is 3. The fourth-order valence-corrected chi connectivity index (χ4v) is 8.10. The highest BCUT2D eigenvalue weighted by atomic mass is 16.6. The molecule has 0 aliphatic heterocycles. The fourth-order valence-electron chi connectivity index (χ4n) is 8.10. The first-order valence-electron chi connectivity index (χ1n) is 30.7. The van der Waals surface area contributed by atoms with Crippen LogP contribution < -0.4 is 0 Å². The van der Waals surface area contributed by atoms with Gasteiger partial charge in [0, 0.05) is 19.3 Å². The molecule has 0 rings (SSSR count). The van der Waals surface area contributed by atoms with Gasteiger partial charge in [-0.2, -0.15) is 0 Å². The van der Waals surface area contributed by atoms with Crippen LogP contribution in [0.4, 0.5) is 0 Å². The first-order valence-corrected chi connectivity index (χ1v) is 30.7. The molecule has 0 saturated heterocycles. The van der Waals surface area contributed by atoms with Gasteiger partial charge in [0.2, 0.25) is 0 Å². The lowest BCUT2D eigenvalue weighted by atomic mass is 10.0. The molecule has 0 amide bonds. The van der Waals surface area contributed by atoms with Crippen LogP contribution in [0, 0.1) is 0 Å². The highest BCUT2D eigenvalue weighted by Crippen LogP contribution is 2.15. The molecule has 0 bridgehead atoms. The molecule has 6 nitrogen and oxygen atoms in total. The van der Waals surface area contributed by atoms with E-state index in [9.17, 15) is 14.4 Å². The maximum absolute atomic E-state index is 12.9. The van der Waals surface area contributed by atoms with Gasteiger partial charge in [0.25, 0.3) is 0 Å². The molecule has 0 fully saturated rings. The molecule has 0 N–H and O–H groups in total. The highest BCUT2D eigenvalue weighted by Gasteiger charge is 2.19. The molecule has 0 aromatic carbocycles. The zero-order valence-electron chi connectivity index (χ0n) is 48.5. The van der Waals surface area contributed by atoms with Crippen LogP contribution in [0.25, 0.3) is 0 Å². The highest BCUT2D eigenvalue weighted by molar-refractivity contribution is 5.71. The van der Waals surface area contributed by atoms with E-state index in [0.717, 1.165) is 96.3 Å². The van der Waals surface area contributed by atoms with Gasteiger partial charge in [0.15, 0.2) is 6.10 Å². The summed E-state index contributed by atoms with van der Waals surface area (Å²) in [5, 5.41) is 0. The Balaban J connectivity index is 4.50. The minimum atomic E-state index is -0.841. The van der Waals surface area contributed by atoms with E-state index in [1.807, 2.05) is 12.2 Å². The van der Waals surface area contributed by atoms with Crippen LogP contribution in [0.5, 0.6) is 0 Å². The maximum atomic E-state index is 12.9. The molecule has 0 radical (unpaired) electrons. The predicted molar refractivity (Wildman–Crippen MR) is 325 cm³/mol. The third kappa shape index (κ3) is 60.3. The number of rotatable bonds is 54. The second kappa shape index (κ2) is 62.1. The summed E-state index contributed by atoms with van der Waals surface area (Å²) in [7, 11) is 0. The molecule has 0 aromatic heterocycles. The number of unbranched alkanes of at least 4 members (excludes halogenated alkanes) is 21. The van der Waals surface area contributed by atoms with Crippen molar-refractivity contribution in [3.63, 3.8) is 0 Å². The minimum absolute atomic E-state index is 0.125. The second-order valence-corrected chi connectivity index (χ2v) is 19.8. The number of ether oxygens (including phenoxy) is 3. The quantitative estimate of drug-likeness (QED) is 0.0261. The van der Waals surface area contributed by atoms with Gasteiger partial charge in [-0.15, -0.1) is 0 Å². The molecule has 0 heterocycles. The van der Waals surface area contributed by atoms with Crippen molar-refractivity contribution in [1.29, 1.82) is 0 Å². The molecule has 6 heteroatoms. The maximum Gasteiger partial charge on any atom is 0.306 e. The van der Waals surface area contributed by atoms with E-state index in [2.05, 4.69) is 142 Å². The summed E-state index contributed by atoms with van der Waals surface area (Å²) in [6.07, 6.45) is 87.6. The van der Waals surface area contributed by atoms with Crippen molar-refractivity contribution < 1.29 is 28.6 Å². The molecule has 0 saturated carbocycles. The summed E-state index contributed by atoms with van der Waals surface area (Å²) in [6.45, 7) is 6.32. The lowest BCUT2D eigenvalue weighted by molar-refractivity contribution is -0.166. The van der Waals surface area contributed by atoms with E-state index in [0.29, 0.717) is 19.3 Å². The van der Waals surface area contributed by atoms with Gasteiger partial charge in [-0.1, -0.05) is 257 Å². The van der Waals surface area contributed by atoms with E-state index >= 15 is 0 Å². The van der Waals surface area contributed by atoms with Gasteiger partial charge in [-0.05, 0) is 122 Å². The van der Waals surface area contributed by atoms with Crippen LogP contribution in [0.3, 0.4) is 0 Å². The molecule has 75 heavy (non-hydrogen) atoms. The van der Waals surface area contributed by atoms with Gasteiger partial charge in [0.1, 0.15) is 13.2 Å². The second-order valence-electron chi connectivity index (χ2n) is 19.8. The van der Waals surface area contributed by atoms with Gasteiger partial charge in [-0.25, -0.2) is 0 Å². The molecular formula is C69H112O6. The smallest absolute Gasteiger partial charge is 0.306 e. The molecule has 0 spiro atoms. The third-order valence-electron chi connectivity index (χ3n) is 12.6. The Morgan fingerprint density at radius 2 is 0.547 bits per heavy atom. The summed E-state index contributed by atoms with van der Waals surface area (Å²) in [4.78, 5) is 38.2. The first-order chi connectivity index (χ1) is 37.0. The molecule has 0 aliphatic carbocycles. The normalized spacial score (nSPS) is 13.1. The fraction of sp³-hybridized carbons (Fsp3) is 0.638. The Morgan fingerprint density at radius 1 is 0.280 bits per heavy atom. The average molecular weight is 1040 g/mol. The van der Waals surface area contributed by atoms with Gasteiger partial charge < -0.3 is 14.2 Å². The van der Waals surface area contributed by atoms with E-state index in [4.69, 9.17) is 14.2 Å². The van der Waals surface area contributed by atoms with Crippen molar-refractivity contribution >= 4 is 17.9 Å². The molecular weight excluding hydrogens is 925 g/mol. The van der Waals surface area contributed by atoms with Gasteiger partial charge >= 0.3 is 17.9 Å². The van der Waals surface area contributed by atoms with Crippen molar-refractivity contribution in [3.8, 4) is 0 Å². The van der Waals surface area contributed by atoms with Crippen LogP contribution in [-0.2, 0) is 28.6 Å². The summed E-state index contributed by atoms with van der Waals surface area (Å²) < 4.78 is 16.8. The summed E-state index contributed by atoms with van der Waals surface area (Å²) in [6, 6.07) is 0. The van der Waals surface area contributed by atoms with Gasteiger partial charge in [-0.3, -0.25) is 14.4 Å². The van der Waals surface area contributed by atoms with Crippen LogP contribution in [-0.4, -0.2) is 37.2 Å². The average Bonchev–Trinajstić information content (AvgIpc) is 3.41. The lowest BCUT2D eigenvalue weighted by Crippen LogP contribution is -2.30. The number of carbonyl (C=O) groups is 3. The molecule has 0 aromatic rings. The van der Waals surface area contributed by atoms with E-state index < -0.39 is 12.1 Å². The zero-order chi connectivity index (χ0) is 54.3. The number of hydrogen-bond acceptors (Lipinski definition) is 6. The van der Waals surface area contributed by atoms with Crippen molar-refractivity contribution in [2.24, 2.45) is 0 Å². The SMILES string of the molecule is CC/C=C\C/C=C\C/C=C\C/C=C\C/C=C\C/C=C\CCC(=O)OC(COC(=O)CCCC/C=C\C/C=C\C/C=C\C/C=C\CC)COC(=O)CCCCCCCCCCCCC/C=C\CCCCCCCCCC. The topological polar surface area (TPSA) is 78.9 Å². The van der Waals surface area contributed by atoms with Crippen LogP contribution in [0.15, 0.2) is 134 Å². The Hall–Kier alpha value is -4.45. The molecule has 1 unspecified atom stereocenters. The van der Waals surface area contributed by atoms with Gasteiger partial charge in [0.05, 0.1) is 0 Å². The number of hydrogen-bond donors (Lipinski definition) is 0. The van der Waals surface area contributed by atoms with Crippen molar-refractivity contribution in [1.82, 2.24) is 0 Å². The predicted octanol–water partition coefficient (Wildman–Crippen LogP) is 21.0. The lowest BCUT2D eigenvalue weighted by Gasteiger charge is -2.18. The minimum Gasteiger partial charge on any atom is -0.462 e. The Kier molecular flexibility index (Phi) is 58.4. The van der Waals surface area contributed by atoms with E-state index in [1.165, 1.54) is 116 Å².